The van der Waals surface area contributed by atoms with E-state index in [1.165, 1.54) is 7.11 Å². The predicted octanol–water partition coefficient (Wildman–Crippen LogP) is 2.98. The summed E-state index contributed by atoms with van der Waals surface area (Å²) >= 11 is -2.05. The summed E-state index contributed by atoms with van der Waals surface area (Å²) in [6.45, 7) is 1.88. The number of methoxy groups -OCH3 is 1. The van der Waals surface area contributed by atoms with Gasteiger partial charge in [0, 0.05) is 18.5 Å². The molecule has 146 valence electrons. The number of nitrogens with one attached hydrogen (secondary N) is 1. The number of carbonyl (C=O) groups excluding carboxylic acids is 1. The van der Waals surface area contributed by atoms with Gasteiger partial charge in [-0.2, -0.15) is 4.98 Å². The number of anilines is 2. The number of pyridine rings is 2. The summed E-state index contributed by atoms with van der Waals surface area (Å²) in [4.78, 5) is 22.6. The maximum atomic E-state index is 12.1. The van der Waals surface area contributed by atoms with E-state index in [0.29, 0.717) is 33.2 Å². The van der Waals surface area contributed by atoms with Crippen molar-refractivity contribution in [2.24, 2.45) is 0 Å². The maximum absolute atomic E-state index is 12.1. The first-order valence-corrected chi connectivity index (χ1v) is 9.56. The standard InChI is InChI=1S/C19H20N4O4S/c1-12(13-4-6-14(7-5-13)28(25)26)23(11-24)18-15-8-9-17(27-3)22-19(15)21-10-16(18)20-2/h4-12,20H,1-3H3,(H,25,26). The van der Waals surface area contributed by atoms with Gasteiger partial charge in [0.2, 0.25) is 12.3 Å². The van der Waals surface area contributed by atoms with Gasteiger partial charge in [-0.25, -0.2) is 9.19 Å². The SMILES string of the molecule is CNc1cnc2nc(OC)ccc2c1N(C=O)C(C)c1ccc(S(=O)O)cc1. The number of benzene rings is 1. The molecule has 0 spiro atoms. The topological polar surface area (TPSA) is 105 Å². The molecule has 0 saturated carbocycles. The van der Waals surface area contributed by atoms with Crippen LogP contribution >= 0.6 is 0 Å². The van der Waals surface area contributed by atoms with Gasteiger partial charge in [-0.3, -0.25) is 4.79 Å². The zero-order valence-electron chi connectivity index (χ0n) is 15.6. The van der Waals surface area contributed by atoms with Crippen LogP contribution in [-0.4, -0.2) is 39.3 Å². The van der Waals surface area contributed by atoms with Crippen molar-refractivity contribution in [3.8, 4) is 5.88 Å². The number of rotatable bonds is 7. The summed E-state index contributed by atoms with van der Waals surface area (Å²) in [5.41, 5.74) is 2.58. The molecule has 3 rings (SSSR count). The fourth-order valence-corrected chi connectivity index (χ4v) is 3.35. The smallest absolute Gasteiger partial charge is 0.215 e. The number of carbonyl (C=O) groups is 1. The molecule has 2 unspecified atom stereocenters. The molecule has 0 fully saturated rings. The zero-order chi connectivity index (χ0) is 20.3. The number of hydrogen-bond acceptors (Lipinski definition) is 6. The van der Waals surface area contributed by atoms with E-state index in [0.717, 1.165) is 12.0 Å². The van der Waals surface area contributed by atoms with Gasteiger partial charge in [0.05, 0.1) is 35.6 Å². The van der Waals surface area contributed by atoms with Crippen molar-refractivity contribution >= 4 is 39.9 Å². The van der Waals surface area contributed by atoms with E-state index in [2.05, 4.69) is 15.3 Å². The molecule has 2 aromatic heterocycles. The molecular formula is C19H20N4O4S. The summed E-state index contributed by atoms with van der Waals surface area (Å²) in [7, 11) is 3.28. The predicted molar refractivity (Wildman–Crippen MR) is 108 cm³/mol. The Morgan fingerprint density at radius 3 is 2.54 bits per heavy atom. The fraction of sp³-hybridized carbons (Fsp3) is 0.211. The van der Waals surface area contributed by atoms with Crippen molar-refractivity contribution in [3.63, 3.8) is 0 Å². The molecular weight excluding hydrogens is 380 g/mol. The third-order valence-electron chi connectivity index (χ3n) is 4.51. The Kier molecular flexibility index (Phi) is 5.86. The van der Waals surface area contributed by atoms with Crippen LogP contribution in [0.3, 0.4) is 0 Å². The van der Waals surface area contributed by atoms with Gasteiger partial charge >= 0.3 is 0 Å². The van der Waals surface area contributed by atoms with Crippen LogP contribution in [0.2, 0.25) is 0 Å². The Morgan fingerprint density at radius 2 is 1.96 bits per heavy atom. The van der Waals surface area contributed by atoms with Gasteiger partial charge in [-0.15, -0.1) is 0 Å². The molecule has 9 heteroatoms. The van der Waals surface area contributed by atoms with Gasteiger partial charge < -0.3 is 19.5 Å². The van der Waals surface area contributed by atoms with Crippen LogP contribution in [0, 0.1) is 0 Å². The van der Waals surface area contributed by atoms with Crippen molar-refractivity contribution in [1.29, 1.82) is 0 Å². The molecule has 8 nitrogen and oxygen atoms in total. The fourth-order valence-electron chi connectivity index (χ4n) is 2.98. The van der Waals surface area contributed by atoms with E-state index in [4.69, 9.17) is 4.74 Å². The molecule has 0 bridgehead atoms. The highest BCUT2D eigenvalue weighted by Crippen LogP contribution is 2.37. The lowest BCUT2D eigenvalue weighted by Crippen LogP contribution is -2.26. The quantitative estimate of drug-likeness (QED) is 0.464. The molecule has 2 atom stereocenters. The van der Waals surface area contributed by atoms with Crippen LogP contribution in [0.15, 0.2) is 47.5 Å². The third kappa shape index (κ3) is 3.67. The molecule has 1 amide bonds. The Bertz CT molecular complexity index is 1030. The second-order valence-corrected chi connectivity index (χ2v) is 6.97. The first-order chi connectivity index (χ1) is 13.5. The molecule has 1 aromatic carbocycles. The van der Waals surface area contributed by atoms with Crippen molar-refractivity contribution < 1.29 is 18.3 Å². The summed E-state index contributed by atoms with van der Waals surface area (Å²) in [6, 6.07) is 9.79. The average molecular weight is 400 g/mol. The monoisotopic (exact) mass is 400 g/mol. The van der Waals surface area contributed by atoms with Crippen LogP contribution in [0.25, 0.3) is 11.0 Å². The number of amides is 1. The minimum Gasteiger partial charge on any atom is -0.481 e. The van der Waals surface area contributed by atoms with Crippen LogP contribution in [0.4, 0.5) is 11.4 Å². The van der Waals surface area contributed by atoms with E-state index in [1.54, 1.807) is 48.5 Å². The minimum absolute atomic E-state index is 0.301. The van der Waals surface area contributed by atoms with E-state index in [9.17, 15) is 13.6 Å². The Labute approximate surface area is 164 Å². The second kappa shape index (κ2) is 8.32. The molecule has 2 N–H and O–H groups in total. The Hall–Kier alpha value is -3.04. The molecule has 0 aliphatic heterocycles. The first-order valence-electron chi connectivity index (χ1n) is 8.46. The van der Waals surface area contributed by atoms with Crippen molar-refractivity contribution in [2.75, 3.05) is 24.4 Å². The Morgan fingerprint density at radius 1 is 1.25 bits per heavy atom. The van der Waals surface area contributed by atoms with E-state index >= 15 is 0 Å². The zero-order valence-corrected chi connectivity index (χ0v) is 16.4. The lowest BCUT2D eigenvalue weighted by molar-refractivity contribution is -0.107. The minimum atomic E-state index is -2.05. The van der Waals surface area contributed by atoms with Crippen molar-refractivity contribution in [3.05, 3.63) is 48.2 Å². The van der Waals surface area contributed by atoms with Crippen LogP contribution in [0.1, 0.15) is 18.5 Å². The maximum Gasteiger partial charge on any atom is 0.215 e. The van der Waals surface area contributed by atoms with Crippen LogP contribution in [0.5, 0.6) is 5.88 Å². The van der Waals surface area contributed by atoms with E-state index < -0.39 is 11.1 Å². The lowest BCUT2D eigenvalue weighted by atomic mass is 10.1. The summed E-state index contributed by atoms with van der Waals surface area (Å²) in [6.07, 6.45) is 2.37. The molecule has 28 heavy (non-hydrogen) atoms. The van der Waals surface area contributed by atoms with Gasteiger partial charge in [-0.05, 0) is 30.7 Å². The van der Waals surface area contributed by atoms with Crippen molar-refractivity contribution in [1.82, 2.24) is 9.97 Å². The molecule has 0 radical (unpaired) electrons. The summed E-state index contributed by atoms with van der Waals surface area (Å²) < 4.78 is 25.5. The van der Waals surface area contributed by atoms with Crippen LogP contribution < -0.4 is 15.0 Å². The van der Waals surface area contributed by atoms with Gasteiger partial charge in [0.1, 0.15) is 0 Å². The highest BCUT2D eigenvalue weighted by molar-refractivity contribution is 7.79. The van der Waals surface area contributed by atoms with Gasteiger partial charge in [0.25, 0.3) is 0 Å². The Balaban J connectivity index is 2.11. The van der Waals surface area contributed by atoms with Crippen molar-refractivity contribution in [2.45, 2.75) is 17.9 Å². The number of ether oxygens (including phenoxy) is 1. The summed E-state index contributed by atoms with van der Waals surface area (Å²) in [5, 5.41) is 3.76. The molecule has 0 aliphatic rings. The third-order valence-corrected chi connectivity index (χ3v) is 5.18. The number of aromatic nitrogens is 2. The van der Waals surface area contributed by atoms with Gasteiger partial charge in [0.15, 0.2) is 16.7 Å². The molecule has 0 aliphatic carbocycles. The van der Waals surface area contributed by atoms with E-state index in [1.807, 2.05) is 13.0 Å². The number of fused-ring (bicyclic) bond motifs is 1. The molecule has 2 heterocycles. The average Bonchev–Trinajstić information content (AvgIpc) is 2.73. The highest BCUT2D eigenvalue weighted by atomic mass is 32.2. The number of hydrogen-bond donors (Lipinski definition) is 2. The number of nitrogens with zero attached hydrogens (tertiary/aromatic N) is 3. The highest BCUT2D eigenvalue weighted by Gasteiger charge is 2.22. The second-order valence-electron chi connectivity index (χ2n) is 6.00. The normalized spacial score (nSPS) is 13.0. The van der Waals surface area contributed by atoms with E-state index in [-0.39, 0.29) is 6.04 Å². The summed E-state index contributed by atoms with van der Waals surface area (Å²) in [5.74, 6) is 0.432. The molecule has 3 aromatic rings. The molecule has 0 saturated heterocycles. The first kappa shape index (κ1) is 19.7. The lowest BCUT2D eigenvalue weighted by Gasteiger charge is -2.28. The largest absolute Gasteiger partial charge is 0.481 e. The van der Waals surface area contributed by atoms with Gasteiger partial charge in [-0.1, -0.05) is 12.1 Å². The van der Waals surface area contributed by atoms with Crippen LogP contribution in [-0.2, 0) is 15.9 Å².